The Morgan fingerprint density at radius 2 is 1.87 bits per heavy atom. The van der Waals surface area contributed by atoms with Crippen LogP contribution in [0.5, 0.6) is 0 Å². The molecule has 5 nitrogen and oxygen atoms in total. The van der Waals surface area contributed by atoms with Crippen molar-refractivity contribution in [3.63, 3.8) is 0 Å². The minimum Gasteiger partial charge on any atom is -0.314 e. The largest absolute Gasteiger partial charge is 0.416 e. The molecule has 2 saturated heterocycles. The summed E-state index contributed by atoms with van der Waals surface area (Å²) in [5, 5.41) is -0.271. The molecule has 11 heteroatoms. The molecule has 4 rings (SSSR count). The molecule has 0 aromatic heterocycles. The van der Waals surface area contributed by atoms with Crippen LogP contribution in [0.15, 0.2) is 53.5 Å². The van der Waals surface area contributed by atoms with Gasteiger partial charge in [-0.15, -0.1) is 0 Å². The highest BCUT2D eigenvalue weighted by atomic mass is 35.5. The molecular weight excluding hydrogens is 473 g/mol. The number of nitrogens with zero attached hydrogens (tertiary/aromatic N) is 2. The van der Waals surface area contributed by atoms with Crippen molar-refractivity contribution in [2.75, 3.05) is 16.4 Å². The van der Waals surface area contributed by atoms with Crippen molar-refractivity contribution in [3.8, 4) is 0 Å². The van der Waals surface area contributed by atoms with Crippen molar-refractivity contribution in [1.29, 1.82) is 0 Å². The van der Waals surface area contributed by atoms with E-state index in [-0.39, 0.29) is 33.8 Å². The molecule has 0 spiro atoms. The predicted octanol–water partition coefficient (Wildman–Crippen LogP) is 4.20. The fourth-order valence-corrected chi connectivity index (χ4v) is 7.77. The molecule has 1 amide bonds. The third kappa shape index (κ3) is 4.75. The first-order valence-corrected chi connectivity index (χ1v) is 12.3. The van der Waals surface area contributed by atoms with E-state index < -0.39 is 38.8 Å². The fourth-order valence-electron chi connectivity index (χ4n) is 3.64. The van der Waals surface area contributed by atoms with Gasteiger partial charge in [-0.25, -0.2) is 8.42 Å². The first-order valence-electron chi connectivity index (χ1n) is 9.22. The van der Waals surface area contributed by atoms with Crippen LogP contribution in [-0.4, -0.2) is 42.3 Å². The number of alkyl halides is 3. The summed E-state index contributed by atoms with van der Waals surface area (Å²) >= 11 is 7.30. The van der Waals surface area contributed by atoms with Gasteiger partial charge in [0, 0.05) is 5.25 Å². The SMILES string of the molecule is O=C(Cc1ccccc1)N=C1S[C@H]2CS(=O)(=O)C[C@H]2N1c1cc(C(F)(F)F)ccc1Cl. The van der Waals surface area contributed by atoms with Gasteiger partial charge in [-0.2, -0.15) is 18.2 Å². The number of amidine groups is 1. The molecule has 0 bridgehead atoms. The lowest BCUT2D eigenvalue weighted by Crippen LogP contribution is -2.38. The van der Waals surface area contributed by atoms with Crippen molar-refractivity contribution in [2.24, 2.45) is 4.99 Å². The Kier molecular flexibility index (Phi) is 5.82. The molecule has 0 radical (unpaired) electrons. The maximum Gasteiger partial charge on any atom is 0.416 e. The Morgan fingerprint density at radius 3 is 2.55 bits per heavy atom. The van der Waals surface area contributed by atoms with E-state index in [1.54, 1.807) is 24.3 Å². The quantitative estimate of drug-likeness (QED) is 0.647. The molecule has 0 unspecified atom stereocenters. The minimum absolute atomic E-state index is 0.0140. The van der Waals surface area contributed by atoms with Crippen LogP contribution in [0, 0.1) is 0 Å². The first kappa shape index (κ1) is 22.2. The lowest BCUT2D eigenvalue weighted by atomic mass is 10.1. The number of sulfone groups is 1. The Bertz CT molecular complexity index is 1150. The van der Waals surface area contributed by atoms with Crippen LogP contribution in [0.25, 0.3) is 0 Å². The molecule has 2 heterocycles. The summed E-state index contributed by atoms with van der Waals surface area (Å²) in [6, 6.07) is 11.1. The molecule has 31 heavy (non-hydrogen) atoms. The maximum absolute atomic E-state index is 13.3. The number of carbonyl (C=O) groups is 1. The number of anilines is 1. The third-order valence-electron chi connectivity index (χ3n) is 5.02. The molecule has 2 aliphatic heterocycles. The second-order valence-electron chi connectivity index (χ2n) is 7.28. The highest BCUT2D eigenvalue weighted by Crippen LogP contribution is 2.44. The van der Waals surface area contributed by atoms with Crippen LogP contribution in [0.4, 0.5) is 18.9 Å². The molecule has 164 valence electrons. The van der Waals surface area contributed by atoms with Gasteiger partial charge in [0.15, 0.2) is 15.0 Å². The smallest absolute Gasteiger partial charge is 0.314 e. The van der Waals surface area contributed by atoms with E-state index in [1.165, 1.54) is 4.90 Å². The van der Waals surface area contributed by atoms with Crippen LogP contribution in [0.3, 0.4) is 0 Å². The number of amides is 1. The van der Waals surface area contributed by atoms with Crippen molar-refractivity contribution >= 4 is 50.0 Å². The molecule has 2 aromatic carbocycles. The average Bonchev–Trinajstić information content (AvgIpc) is 3.13. The zero-order valence-electron chi connectivity index (χ0n) is 15.8. The second-order valence-corrected chi connectivity index (χ2v) is 11.1. The van der Waals surface area contributed by atoms with E-state index in [2.05, 4.69) is 4.99 Å². The molecular formula is C20H16ClF3N2O3S2. The average molecular weight is 489 g/mol. The number of halogens is 4. The highest BCUT2D eigenvalue weighted by Gasteiger charge is 2.50. The van der Waals surface area contributed by atoms with Gasteiger partial charge in [0.1, 0.15) is 0 Å². The first-order chi connectivity index (χ1) is 14.5. The molecule has 0 saturated carbocycles. The number of hydrogen-bond acceptors (Lipinski definition) is 4. The van der Waals surface area contributed by atoms with Gasteiger partial charge < -0.3 is 4.90 Å². The fraction of sp³-hybridized carbons (Fsp3) is 0.300. The lowest BCUT2D eigenvalue weighted by Gasteiger charge is -2.26. The number of benzene rings is 2. The number of hydrogen-bond donors (Lipinski definition) is 0. The Morgan fingerprint density at radius 1 is 1.16 bits per heavy atom. The zero-order chi connectivity index (χ0) is 22.4. The summed E-state index contributed by atoms with van der Waals surface area (Å²) in [4.78, 5) is 18.0. The summed E-state index contributed by atoms with van der Waals surface area (Å²) in [5.74, 6) is -0.866. The van der Waals surface area contributed by atoms with Crippen molar-refractivity contribution in [3.05, 3.63) is 64.7 Å². The summed E-state index contributed by atoms with van der Waals surface area (Å²) in [7, 11) is -3.37. The number of aliphatic imine (C=N–C) groups is 1. The second kappa shape index (κ2) is 8.14. The summed E-state index contributed by atoms with van der Waals surface area (Å²) < 4.78 is 64.1. The summed E-state index contributed by atoms with van der Waals surface area (Å²) in [6.45, 7) is 0. The summed E-state index contributed by atoms with van der Waals surface area (Å²) in [5.41, 5.74) is -0.192. The molecule has 2 aromatic rings. The van der Waals surface area contributed by atoms with Gasteiger partial charge in [0.25, 0.3) is 5.91 Å². The number of carbonyl (C=O) groups excluding carboxylic acids is 1. The highest BCUT2D eigenvalue weighted by molar-refractivity contribution is 8.16. The van der Waals surface area contributed by atoms with Gasteiger partial charge in [0.05, 0.1) is 40.2 Å². The van der Waals surface area contributed by atoms with Crippen LogP contribution < -0.4 is 4.90 Å². The van der Waals surface area contributed by atoms with Gasteiger partial charge >= 0.3 is 6.18 Å². The third-order valence-corrected chi connectivity index (χ3v) is 8.55. The van der Waals surface area contributed by atoms with Crippen LogP contribution >= 0.6 is 23.4 Å². The number of fused-ring (bicyclic) bond motifs is 1. The van der Waals surface area contributed by atoms with E-state index in [9.17, 15) is 26.4 Å². The Balaban J connectivity index is 1.73. The predicted molar refractivity (Wildman–Crippen MR) is 115 cm³/mol. The molecule has 2 fully saturated rings. The van der Waals surface area contributed by atoms with E-state index in [0.717, 1.165) is 35.5 Å². The molecule has 2 atom stereocenters. The van der Waals surface area contributed by atoms with E-state index in [0.29, 0.717) is 0 Å². The standard InChI is InChI=1S/C20H16ClF3N2O3S2/c21-14-7-6-13(20(22,23)24)9-15(14)26-16-10-31(28,29)11-17(16)30-19(26)25-18(27)8-12-4-2-1-3-5-12/h1-7,9,16-17H,8,10-11H2/t16-,17+/m1/s1. The number of thioether (sulfide) groups is 1. The Labute approximate surface area is 186 Å². The molecule has 2 aliphatic rings. The van der Waals surface area contributed by atoms with Crippen molar-refractivity contribution in [2.45, 2.75) is 23.9 Å². The topological polar surface area (TPSA) is 66.8 Å². The van der Waals surface area contributed by atoms with Crippen molar-refractivity contribution < 1.29 is 26.4 Å². The lowest BCUT2D eigenvalue weighted by molar-refractivity contribution is -0.137. The van der Waals surface area contributed by atoms with Crippen LogP contribution in [0.2, 0.25) is 5.02 Å². The molecule has 0 aliphatic carbocycles. The minimum atomic E-state index is -4.60. The molecule has 0 N–H and O–H groups in total. The summed E-state index contributed by atoms with van der Waals surface area (Å²) in [6.07, 6.45) is -4.59. The van der Waals surface area contributed by atoms with Crippen molar-refractivity contribution in [1.82, 2.24) is 0 Å². The van der Waals surface area contributed by atoms with E-state index >= 15 is 0 Å². The number of rotatable bonds is 3. The Hall–Kier alpha value is -2.04. The van der Waals surface area contributed by atoms with Gasteiger partial charge in [-0.05, 0) is 23.8 Å². The maximum atomic E-state index is 13.3. The zero-order valence-corrected chi connectivity index (χ0v) is 18.2. The van der Waals surface area contributed by atoms with Crippen LogP contribution in [0.1, 0.15) is 11.1 Å². The van der Waals surface area contributed by atoms with Gasteiger partial charge in [-0.1, -0.05) is 53.7 Å². The van der Waals surface area contributed by atoms with E-state index in [4.69, 9.17) is 11.6 Å². The van der Waals surface area contributed by atoms with Gasteiger partial charge in [-0.3, -0.25) is 4.79 Å². The monoisotopic (exact) mass is 488 g/mol. The van der Waals surface area contributed by atoms with Gasteiger partial charge in [0.2, 0.25) is 0 Å². The normalized spacial score (nSPS) is 23.9. The van der Waals surface area contributed by atoms with E-state index in [1.807, 2.05) is 6.07 Å². The van der Waals surface area contributed by atoms with Crippen LogP contribution in [-0.2, 0) is 27.2 Å².